The molecule has 0 radical (unpaired) electrons. The van der Waals surface area contributed by atoms with E-state index in [4.69, 9.17) is 9.84 Å². The minimum atomic E-state index is -0.559. The van der Waals surface area contributed by atoms with Crippen LogP contribution in [-0.4, -0.2) is 23.8 Å². The van der Waals surface area contributed by atoms with Gasteiger partial charge in [0, 0.05) is 6.42 Å². The molecule has 3 heteroatoms. The molecular weight excluding hydrogens is 252 g/mol. The fourth-order valence-electron chi connectivity index (χ4n) is 2.22. The van der Waals surface area contributed by atoms with Crippen LogP contribution in [0.5, 0.6) is 0 Å². The van der Waals surface area contributed by atoms with Crippen LogP contribution in [-0.2, 0) is 9.53 Å². The van der Waals surface area contributed by atoms with Crippen LogP contribution in [0.25, 0.3) is 0 Å². The summed E-state index contributed by atoms with van der Waals surface area (Å²) in [4.78, 5) is 11.3. The second kappa shape index (κ2) is 14.8. The van der Waals surface area contributed by atoms with Gasteiger partial charge in [-0.15, -0.1) is 0 Å². The van der Waals surface area contributed by atoms with E-state index >= 15 is 0 Å². The Morgan fingerprint density at radius 1 is 0.900 bits per heavy atom. The second-order valence-corrected chi connectivity index (χ2v) is 5.82. The molecular formula is C17H34O3. The van der Waals surface area contributed by atoms with Gasteiger partial charge in [0.1, 0.15) is 6.61 Å². The van der Waals surface area contributed by atoms with Gasteiger partial charge in [0.15, 0.2) is 0 Å². The van der Waals surface area contributed by atoms with E-state index in [9.17, 15) is 4.79 Å². The van der Waals surface area contributed by atoms with E-state index < -0.39 is 6.10 Å². The highest BCUT2D eigenvalue weighted by Crippen LogP contribution is 2.12. The summed E-state index contributed by atoms with van der Waals surface area (Å²) in [6.45, 7) is 3.99. The van der Waals surface area contributed by atoms with E-state index in [1.807, 2.05) is 0 Å². The maximum Gasteiger partial charge on any atom is 0.305 e. The van der Waals surface area contributed by atoms with Crippen LogP contribution in [0, 0.1) is 0 Å². The summed E-state index contributed by atoms with van der Waals surface area (Å²) < 4.78 is 4.91. The van der Waals surface area contributed by atoms with E-state index in [-0.39, 0.29) is 12.6 Å². The zero-order valence-corrected chi connectivity index (χ0v) is 13.5. The fourth-order valence-corrected chi connectivity index (χ4v) is 2.22. The smallest absolute Gasteiger partial charge is 0.305 e. The lowest BCUT2D eigenvalue weighted by Crippen LogP contribution is -2.14. The van der Waals surface area contributed by atoms with Gasteiger partial charge < -0.3 is 9.84 Å². The average molecular weight is 286 g/mol. The number of aliphatic hydroxyl groups excluding tert-OH is 1. The normalized spacial score (nSPS) is 12.3. The Kier molecular flexibility index (Phi) is 14.4. The number of unbranched alkanes of at least 4 members (excludes halogenated alkanes) is 10. The van der Waals surface area contributed by atoms with E-state index in [1.54, 1.807) is 6.92 Å². The second-order valence-electron chi connectivity index (χ2n) is 5.82. The third kappa shape index (κ3) is 15.5. The summed E-state index contributed by atoms with van der Waals surface area (Å²) in [6.07, 6.45) is 14.0. The molecule has 3 nitrogen and oxygen atoms in total. The van der Waals surface area contributed by atoms with Crippen molar-refractivity contribution in [1.29, 1.82) is 0 Å². The standard InChI is InChI=1S/C17H34O3/c1-3-4-5-6-7-8-9-10-11-12-13-14-17(19)20-15-16(2)18/h16,18H,3-15H2,1-2H3/t16-/m1/s1. The Morgan fingerprint density at radius 2 is 1.35 bits per heavy atom. The molecule has 1 atom stereocenters. The molecule has 0 aromatic carbocycles. The molecule has 0 aliphatic carbocycles. The lowest BCUT2D eigenvalue weighted by atomic mass is 10.1. The van der Waals surface area contributed by atoms with E-state index in [1.165, 1.54) is 57.8 Å². The first-order chi connectivity index (χ1) is 9.66. The number of carbonyl (C=O) groups is 1. The molecule has 0 aromatic heterocycles. The maximum atomic E-state index is 11.3. The molecule has 0 aliphatic heterocycles. The molecule has 0 rings (SSSR count). The van der Waals surface area contributed by atoms with Gasteiger partial charge in [-0.25, -0.2) is 0 Å². The summed E-state index contributed by atoms with van der Waals surface area (Å²) in [6, 6.07) is 0. The van der Waals surface area contributed by atoms with Crippen molar-refractivity contribution in [2.75, 3.05) is 6.61 Å². The van der Waals surface area contributed by atoms with Gasteiger partial charge in [-0.05, 0) is 13.3 Å². The van der Waals surface area contributed by atoms with Crippen LogP contribution in [0.3, 0.4) is 0 Å². The molecule has 0 bridgehead atoms. The lowest BCUT2D eigenvalue weighted by Gasteiger charge is -2.06. The van der Waals surface area contributed by atoms with Crippen LogP contribution in [0.15, 0.2) is 0 Å². The highest BCUT2D eigenvalue weighted by molar-refractivity contribution is 5.69. The van der Waals surface area contributed by atoms with Crippen molar-refractivity contribution in [3.8, 4) is 0 Å². The molecule has 0 aliphatic rings. The fraction of sp³-hybridized carbons (Fsp3) is 0.941. The number of esters is 1. The highest BCUT2D eigenvalue weighted by atomic mass is 16.5. The van der Waals surface area contributed by atoms with Crippen LogP contribution < -0.4 is 0 Å². The minimum absolute atomic E-state index is 0.122. The largest absolute Gasteiger partial charge is 0.463 e. The first-order valence-electron chi connectivity index (χ1n) is 8.50. The van der Waals surface area contributed by atoms with Gasteiger partial charge in [-0.1, -0.05) is 71.1 Å². The van der Waals surface area contributed by atoms with Gasteiger partial charge >= 0.3 is 5.97 Å². The van der Waals surface area contributed by atoms with Crippen LogP contribution >= 0.6 is 0 Å². The number of ether oxygens (including phenoxy) is 1. The summed E-state index contributed by atoms with van der Waals surface area (Å²) in [5.74, 6) is -0.179. The van der Waals surface area contributed by atoms with Crippen molar-refractivity contribution in [1.82, 2.24) is 0 Å². The number of hydrogen-bond acceptors (Lipinski definition) is 3. The summed E-state index contributed by atoms with van der Waals surface area (Å²) in [7, 11) is 0. The number of carbonyl (C=O) groups excluding carboxylic acids is 1. The molecule has 20 heavy (non-hydrogen) atoms. The highest BCUT2D eigenvalue weighted by Gasteiger charge is 2.04. The number of hydrogen-bond donors (Lipinski definition) is 1. The Balaban J connectivity index is 3.11. The Hall–Kier alpha value is -0.570. The lowest BCUT2D eigenvalue weighted by molar-refractivity contribution is -0.146. The van der Waals surface area contributed by atoms with Gasteiger partial charge in [0.25, 0.3) is 0 Å². The van der Waals surface area contributed by atoms with Crippen molar-refractivity contribution in [2.24, 2.45) is 0 Å². The number of aliphatic hydroxyl groups is 1. The zero-order chi connectivity index (χ0) is 15.1. The Bertz CT molecular complexity index is 214. The van der Waals surface area contributed by atoms with Crippen molar-refractivity contribution in [3.05, 3.63) is 0 Å². The monoisotopic (exact) mass is 286 g/mol. The zero-order valence-electron chi connectivity index (χ0n) is 13.5. The number of rotatable bonds is 14. The van der Waals surface area contributed by atoms with Gasteiger partial charge in [0.2, 0.25) is 0 Å². The molecule has 0 unspecified atom stereocenters. The van der Waals surface area contributed by atoms with Crippen LogP contribution in [0.1, 0.15) is 90.9 Å². The Labute approximate surface area is 125 Å². The molecule has 0 fully saturated rings. The van der Waals surface area contributed by atoms with E-state index in [0.717, 1.165) is 12.8 Å². The van der Waals surface area contributed by atoms with Crippen molar-refractivity contribution in [3.63, 3.8) is 0 Å². The topological polar surface area (TPSA) is 46.5 Å². The molecule has 0 saturated carbocycles. The third-order valence-corrected chi connectivity index (χ3v) is 3.47. The quantitative estimate of drug-likeness (QED) is 0.374. The van der Waals surface area contributed by atoms with E-state index in [2.05, 4.69) is 6.92 Å². The minimum Gasteiger partial charge on any atom is -0.463 e. The predicted molar refractivity (Wildman–Crippen MR) is 83.7 cm³/mol. The molecule has 0 heterocycles. The van der Waals surface area contributed by atoms with E-state index in [0.29, 0.717) is 6.42 Å². The average Bonchev–Trinajstić information content (AvgIpc) is 2.42. The molecule has 120 valence electrons. The molecule has 0 saturated heterocycles. The first kappa shape index (κ1) is 19.4. The van der Waals surface area contributed by atoms with Gasteiger partial charge in [-0.2, -0.15) is 0 Å². The third-order valence-electron chi connectivity index (χ3n) is 3.47. The Morgan fingerprint density at radius 3 is 1.80 bits per heavy atom. The van der Waals surface area contributed by atoms with Crippen molar-refractivity contribution in [2.45, 2.75) is 97.0 Å². The van der Waals surface area contributed by atoms with Crippen LogP contribution in [0.2, 0.25) is 0 Å². The van der Waals surface area contributed by atoms with Crippen molar-refractivity contribution < 1.29 is 14.6 Å². The molecule has 0 spiro atoms. The van der Waals surface area contributed by atoms with Gasteiger partial charge in [0.05, 0.1) is 6.10 Å². The maximum absolute atomic E-state index is 11.3. The first-order valence-corrected chi connectivity index (χ1v) is 8.50. The molecule has 0 amide bonds. The van der Waals surface area contributed by atoms with Crippen LogP contribution in [0.4, 0.5) is 0 Å². The SMILES string of the molecule is CCCCCCCCCCCCCC(=O)OC[C@@H](C)O. The van der Waals surface area contributed by atoms with Gasteiger partial charge in [-0.3, -0.25) is 4.79 Å². The molecule has 0 aromatic rings. The summed E-state index contributed by atoms with van der Waals surface area (Å²) >= 11 is 0. The summed E-state index contributed by atoms with van der Waals surface area (Å²) in [5.41, 5.74) is 0. The van der Waals surface area contributed by atoms with Crippen molar-refractivity contribution >= 4 is 5.97 Å². The predicted octanol–water partition coefficient (Wildman–Crippen LogP) is 4.61. The summed E-state index contributed by atoms with van der Waals surface area (Å²) in [5, 5.41) is 8.98. The molecule has 1 N–H and O–H groups in total.